The highest BCUT2D eigenvalue weighted by Gasteiger charge is 2.58. The molecule has 1 aliphatic carbocycles. The van der Waals surface area contributed by atoms with Crippen LogP contribution in [0.1, 0.15) is 0 Å². The van der Waals surface area contributed by atoms with Gasteiger partial charge in [-0.25, -0.2) is 18.3 Å². The summed E-state index contributed by atoms with van der Waals surface area (Å²) in [5.74, 6) is 0. The number of aliphatic hydroxyl groups excluding tert-OH is 2. The number of hydrogen-bond donors (Lipinski definition) is 10. The van der Waals surface area contributed by atoms with E-state index in [1.807, 2.05) is 0 Å². The Kier molecular flexibility index (Phi) is 8.34. The molecule has 0 aromatic rings. The van der Waals surface area contributed by atoms with Crippen LogP contribution in [0.15, 0.2) is 0 Å². The Bertz CT molecular complexity index is 664. The lowest BCUT2D eigenvalue weighted by molar-refractivity contribution is -0.209. The average Bonchev–Trinajstić information content (AvgIpc) is 2.39. The molecule has 0 saturated heterocycles. The molecular weight excluding hydrogens is 484 g/mol. The third kappa shape index (κ3) is 8.62. The van der Waals surface area contributed by atoms with Crippen molar-refractivity contribution in [2.45, 2.75) is 36.6 Å². The van der Waals surface area contributed by atoms with Crippen molar-refractivity contribution in [2.24, 2.45) is 0 Å². The van der Waals surface area contributed by atoms with Gasteiger partial charge in [0, 0.05) is 0 Å². The Morgan fingerprint density at radius 3 is 0.786 bits per heavy atom. The van der Waals surface area contributed by atoms with Crippen LogP contribution in [0.2, 0.25) is 0 Å². The summed E-state index contributed by atoms with van der Waals surface area (Å²) in [6.07, 6.45) is -15.9. The summed E-state index contributed by atoms with van der Waals surface area (Å²) in [7, 11) is -22.5. The molecule has 0 heterocycles. The molecule has 1 rings (SSSR count). The first-order valence-electron chi connectivity index (χ1n) is 6.52. The van der Waals surface area contributed by atoms with Gasteiger partial charge in [-0.05, 0) is 0 Å². The maximum absolute atomic E-state index is 11.1. The predicted molar refractivity (Wildman–Crippen MR) is 79.7 cm³/mol. The van der Waals surface area contributed by atoms with Crippen molar-refractivity contribution in [1.29, 1.82) is 0 Å². The largest absolute Gasteiger partial charge is 0.470 e. The van der Waals surface area contributed by atoms with Gasteiger partial charge in [-0.2, -0.15) is 0 Å². The van der Waals surface area contributed by atoms with Crippen LogP contribution >= 0.6 is 31.3 Å². The van der Waals surface area contributed by atoms with Gasteiger partial charge < -0.3 is 49.4 Å². The fraction of sp³-hybridized carbons (Fsp3) is 1.00. The van der Waals surface area contributed by atoms with Gasteiger partial charge in [-0.1, -0.05) is 0 Å². The van der Waals surface area contributed by atoms with Gasteiger partial charge in [0.25, 0.3) is 0 Å². The van der Waals surface area contributed by atoms with E-state index in [4.69, 9.17) is 39.1 Å². The van der Waals surface area contributed by atoms with Gasteiger partial charge in [0.1, 0.15) is 36.6 Å². The lowest BCUT2D eigenvalue weighted by Crippen LogP contribution is -2.65. The molecule has 1 aliphatic rings. The number of phosphoric ester groups is 4. The third-order valence-electron chi connectivity index (χ3n) is 3.03. The Hall–Kier alpha value is 0.360. The molecule has 0 unspecified atom stereocenters. The van der Waals surface area contributed by atoms with E-state index in [2.05, 4.69) is 18.1 Å². The highest BCUT2D eigenvalue weighted by atomic mass is 31.2. The molecule has 1 fully saturated rings. The van der Waals surface area contributed by atoms with Crippen molar-refractivity contribution in [3.8, 4) is 0 Å². The van der Waals surface area contributed by atoms with Gasteiger partial charge in [0.2, 0.25) is 0 Å². The Balaban J connectivity index is 3.53. The SMILES string of the molecule is O=P(O)(O)O[C@H]1[C@H](OP(=O)(O)O)[C@H](OP(=O)(O)O)[C@@H](O)[C@H](O)[C@H]1OP(=O)(O)O. The molecule has 0 aromatic heterocycles. The zero-order valence-electron chi connectivity index (χ0n) is 13.0. The standard InChI is InChI=1S/C6H16O18P4/c7-1-2(8)4(22-26(12,13)14)6(24-28(18,19)20)5(23-27(15,16)17)3(1)21-25(9,10)11/h1-8H,(H2,9,10,11)(H2,12,13,14)(H2,15,16,17)(H2,18,19,20)/t1-,2-,3+,4+,5+,6+/m0/s1. The fourth-order valence-corrected chi connectivity index (χ4v) is 4.51. The van der Waals surface area contributed by atoms with E-state index < -0.39 is 67.9 Å². The second kappa shape index (κ2) is 8.85. The summed E-state index contributed by atoms with van der Waals surface area (Å²) >= 11 is 0. The summed E-state index contributed by atoms with van der Waals surface area (Å²) < 4.78 is 60.6. The topological polar surface area (TPSA) is 308 Å². The molecule has 168 valence electrons. The second-order valence-corrected chi connectivity index (χ2v) is 9.99. The number of phosphoric acid groups is 4. The zero-order valence-corrected chi connectivity index (χ0v) is 16.6. The van der Waals surface area contributed by atoms with E-state index in [1.165, 1.54) is 0 Å². The summed E-state index contributed by atoms with van der Waals surface area (Å²) in [5.41, 5.74) is 0. The van der Waals surface area contributed by atoms with Crippen molar-refractivity contribution in [3.05, 3.63) is 0 Å². The van der Waals surface area contributed by atoms with E-state index >= 15 is 0 Å². The molecule has 22 heteroatoms. The van der Waals surface area contributed by atoms with Gasteiger partial charge >= 0.3 is 31.3 Å². The van der Waals surface area contributed by atoms with Crippen LogP contribution in [0.3, 0.4) is 0 Å². The predicted octanol–water partition coefficient (Wildman–Crippen LogP) is -3.37. The van der Waals surface area contributed by atoms with Crippen LogP contribution in [0.5, 0.6) is 0 Å². The van der Waals surface area contributed by atoms with Crippen LogP contribution in [-0.2, 0) is 36.4 Å². The van der Waals surface area contributed by atoms with E-state index in [1.54, 1.807) is 0 Å². The van der Waals surface area contributed by atoms with Gasteiger partial charge in [0.15, 0.2) is 0 Å². The molecule has 1 saturated carbocycles. The lowest BCUT2D eigenvalue weighted by atomic mass is 9.85. The van der Waals surface area contributed by atoms with Crippen LogP contribution in [0.4, 0.5) is 0 Å². The van der Waals surface area contributed by atoms with Gasteiger partial charge in [-0.15, -0.1) is 0 Å². The number of aliphatic hydroxyl groups is 2. The minimum Gasteiger partial charge on any atom is -0.387 e. The first kappa shape index (κ1) is 26.4. The van der Waals surface area contributed by atoms with E-state index in [-0.39, 0.29) is 0 Å². The van der Waals surface area contributed by atoms with Crippen molar-refractivity contribution in [3.63, 3.8) is 0 Å². The van der Waals surface area contributed by atoms with Gasteiger partial charge in [-0.3, -0.25) is 18.1 Å². The average molecular weight is 500 g/mol. The van der Waals surface area contributed by atoms with Crippen molar-refractivity contribution >= 4 is 31.3 Å². The van der Waals surface area contributed by atoms with Crippen LogP contribution in [0.25, 0.3) is 0 Å². The van der Waals surface area contributed by atoms with Crippen molar-refractivity contribution < 1.29 is 85.7 Å². The fourth-order valence-electron chi connectivity index (χ4n) is 2.27. The third-order valence-corrected chi connectivity index (χ3v) is 5.10. The molecule has 0 aromatic carbocycles. The molecular formula is C6H16O18P4. The molecule has 0 radical (unpaired) electrons. The van der Waals surface area contributed by atoms with Crippen LogP contribution in [0, 0.1) is 0 Å². The summed E-state index contributed by atoms with van der Waals surface area (Å²) in [4.78, 5) is 71.1. The Morgan fingerprint density at radius 2 is 0.607 bits per heavy atom. The highest BCUT2D eigenvalue weighted by molar-refractivity contribution is 7.47. The van der Waals surface area contributed by atoms with E-state index in [9.17, 15) is 28.5 Å². The normalized spacial score (nSPS) is 33.1. The maximum atomic E-state index is 11.1. The Labute approximate surface area is 154 Å². The highest BCUT2D eigenvalue weighted by Crippen LogP contribution is 2.52. The second-order valence-electron chi connectivity index (χ2n) is 5.22. The van der Waals surface area contributed by atoms with Crippen LogP contribution < -0.4 is 0 Å². The van der Waals surface area contributed by atoms with Crippen molar-refractivity contribution in [2.75, 3.05) is 0 Å². The molecule has 0 amide bonds. The quantitative estimate of drug-likeness (QED) is 0.145. The van der Waals surface area contributed by atoms with Crippen molar-refractivity contribution in [1.82, 2.24) is 0 Å². The Morgan fingerprint density at radius 1 is 0.429 bits per heavy atom. The van der Waals surface area contributed by atoms with E-state index in [0.717, 1.165) is 0 Å². The molecule has 18 nitrogen and oxygen atoms in total. The van der Waals surface area contributed by atoms with Gasteiger partial charge in [0.05, 0.1) is 0 Å². The lowest BCUT2D eigenvalue weighted by Gasteiger charge is -2.45. The summed E-state index contributed by atoms with van der Waals surface area (Å²) in [6, 6.07) is 0. The zero-order chi connectivity index (χ0) is 22.3. The first-order valence-corrected chi connectivity index (χ1v) is 12.6. The first-order chi connectivity index (χ1) is 12.2. The minimum absolute atomic E-state index is 2.60. The monoisotopic (exact) mass is 500 g/mol. The summed E-state index contributed by atoms with van der Waals surface area (Å²) in [6.45, 7) is 0. The molecule has 0 bridgehead atoms. The number of hydrogen-bond acceptors (Lipinski definition) is 10. The molecule has 28 heavy (non-hydrogen) atoms. The number of rotatable bonds is 8. The van der Waals surface area contributed by atoms with E-state index in [0.29, 0.717) is 0 Å². The van der Waals surface area contributed by atoms with Crippen LogP contribution in [-0.4, -0.2) is 86.0 Å². The minimum atomic E-state index is -5.67. The molecule has 0 spiro atoms. The maximum Gasteiger partial charge on any atom is 0.470 e. The molecule has 10 N–H and O–H groups in total. The molecule has 6 atom stereocenters. The molecule has 0 aliphatic heterocycles. The smallest absolute Gasteiger partial charge is 0.387 e. The summed E-state index contributed by atoms with van der Waals surface area (Å²) in [5, 5.41) is 19.8.